The molecule has 0 fully saturated rings. The highest BCUT2D eigenvalue weighted by atomic mass is 16.4. The lowest BCUT2D eigenvalue weighted by Gasteiger charge is -1.91. The number of carboxylic acid groups (broad SMARTS) is 1. The summed E-state index contributed by atoms with van der Waals surface area (Å²) < 4.78 is 0. The highest BCUT2D eigenvalue weighted by Crippen LogP contribution is 1.93. The number of rotatable bonds is 3. The molecule has 1 aromatic rings. The van der Waals surface area contributed by atoms with Crippen molar-refractivity contribution >= 4 is 18.0 Å². The molecule has 0 aliphatic heterocycles. The van der Waals surface area contributed by atoms with Crippen molar-refractivity contribution in [3.05, 3.63) is 35.9 Å². The standard InChI is InChI=1S/C9H11N3.C2H4O2/c10-9(11)7-12-6-8-4-2-1-3-5-8;1-2(3)4/h1-6H,7H2,(H3,10,11);1H3,(H,3,4). The van der Waals surface area contributed by atoms with Gasteiger partial charge in [0.2, 0.25) is 0 Å². The van der Waals surface area contributed by atoms with Crippen LogP contribution in [0.4, 0.5) is 0 Å². The van der Waals surface area contributed by atoms with E-state index in [0.717, 1.165) is 12.5 Å². The first-order chi connectivity index (χ1) is 7.52. The normalized spacial score (nSPS) is 9.31. The highest BCUT2D eigenvalue weighted by Gasteiger charge is 1.84. The van der Waals surface area contributed by atoms with Crippen LogP contribution >= 0.6 is 0 Å². The third-order valence-corrected chi connectivity index (χ3v) is 1.30. The first kappa shape index (κ1) is 13.8. The third kappa shape index (κ3) is 9.91. The molecule has 4 N–H and O–H groups in total. The topological polar surface area (TPSA) is 99.5 Å². The molecule has 0 aromatic heterocycles. The minimum absolute atomic E-state index is 0.0854. The Morgan fingerprint density at radius 2 is 2.00 bits per heavy atom. The van der Waals surface area contributed by atoms with Gasteiger partial charge in [-0.3, -0.25) is 15.2 Å². The molecule has 0 atom stereocenters. The van der Waals surface area contributed by atoms with Crippen LogP contribution < -0.4 is 5.73 Å². The molecule has 1 rings (SSSR count). The van der Waals surface area contributed by atoms with Crippen LogP contribution in [0.2, 0.25) is 0 Å². The van der Waals surface area contributed by atoms with Crippen LogP contribution in [0.1, 0.15) is 12.5 Å². The van der Waals surface area contributed by atoms with E-state index in [2.05, 4.69) is 4.99 Å². The second kappa shape index (κ2) is 8.16. The number of hydrogen-bond acceptors (Lipinski definition) is 3. The Morgan fingerprint density at radius 1 is 1.50 bits per heavy atom. The zero-order valence-corrected chi connectivity index (χ0v) is 9.05. The number of amidine groups is 1. The van der Waals surface area contributed by atoms with Crippen LogP contribution in [0, 0.1) is 5.41 Å². The van der Waals surface area contributed by atoms with Gasteiger partial charge in [-0.15, -0.1) is 0 Å². The quantitative estimate of drug-likeness (QED) is 0.527. The maximum atomic E-state index is 9.00. The molecule has 86 valence electrons. The number of nitrogens with two attached hydrogens (primary N) is 1. The van der Waals surface area contributed by atoms with Gasteiger partial charge in [-0.2, -0.15) is 0 Å². The number of aliphatic carboxylic acids is 1. The summed E-state index contributed by atoms with van der Waals surface area (Å²) in [4.78, 5) is 13.0. The largest absolute Gasteiger partial charge is 0.481 e. The van der Waals surface area contributed by atoms with Gasteiger partial charge >= 0.3 is 0 Å². The number of carbonyl (C=O) groups is 1. The maximum Gasteiger partial charge on any atom is 0.300 e. The van der Waals surface area contributed by atoms with E-state index >= 15 is 0 Å². The first-order valence-electron chi connectivity index (χ1n) is 4.59. The fraction of sp³-hybridized carbons (Fsp3) is 0.182. The summed E-state index contributed by atoms with van der Waals surface area (Å²) in [6, 6.07) is 9.72. The average Bonchev–Trinajstić information content (AvgIpc) is 2.18. The molecule has 1 aromatic carbocycles. The summed E-state index contributed by atoms with van der Waals surface area (Å²) in [6.07, 6.45) is 1.71. The van der Waals surface area contributed by atoms with Crippen LogP contribution in [-0.2, 0) is 4.79 Å². The van der Waals surface area contributed by atoms with Gasteiger partial charge in [0, 0.05) is 13.1 Å². The van der Waals surface area contributed by atoms with E-state index in [4.69, 9.17) is 21.0 Å². The molecule has 0 bridgehead atoms. The third-order valence-electron chi connectivity index (χ3n) is 1.30. The van der Waals surface area contributed by atoms with Crippen molar-refractivity contribution in [1.29, 1.82) is 5.41 Å². The summed E-state index contributed by atoms with van der Waals surface area (Å²) in [7, 11) is 0. The summed E-state index contributed by atoms with van der Waals surface area (Å²) in [5.74, 6) is -0.748. The average molecular weight is 221 g/mol. The van der Waals surface area contributed by atoms with Crippen LogP contribution in [0.25, 0.3) is 0 Å². The summed E-state index contributed by atoms with van der Waals surface area (Å²) in [6.45, 7) is 1.36. The molecule has 0 aliphatic rings. The lowest BCUT2D eigenvalue weighted by atomic mass is 10.2. The van der Waals surface area contributed by atoms with E-state index in [0.29, 0.717) is 0 Å². The predicted molar refractivity (Wildman–Crippen MR) is 64.1 cm³/mol. The van der Waals surface area contributed by atoms with Crippen LogP contribution in [0.15, 0.2) is 35.3 Å². The van der Waals surface area contributed by atoms with Crippen molar-refractivity contribution < 1.29 is 9.90 Å². The number of carboxylic acids is 1. The predicted octanol–water partition coefficient (Wildman–Crippen LogP) is 1.13. The Labute approximate surface area is 94.1 Å². The minimum atomic E-state index is -0.833. The Bertz CT molecular complexity index is 357. The molecule has 0 heterocycles. The van der Waals surface area contributed by atoms with Crippen LogP contribution in [0.3, 0.4) is 0 Å². The second-order valence-corrected chi connectivity index (χ2v) is 2.92. The molecule has 16 heavy (non-hydrogen) atoms. The van der Waals surface area contributed by atoms with Gasteiger partial charge in [-0.25, -0.2) is 0 Å². The SMILES string of the molecule is CC(=O)O.N=C(N)CN=Cc1ccccc1. The summed E-state index contributed by atoms with van der Waals surface area (Å²) >= 11 is 0. The molecular formula is C11H15N3O2. The molecule has 0 unspecified atom stereocenters. The van der Waals surface area contributed by atoms with E-state index in [9.17, 15) is 0 Å². The Hall–Kier alpha value is -2.17. The number of aliphatic imine (C=N–C) groups is 1. The molecule has 0 amide bonds. The van der Waals surface area contributed by atoms with Crippen molar-refractivity contribution in [1.82, 2.24) is 0 Å². The molecule has 0 radical (unpaired) electrons. The van der Waals surface area contributed by atoms with Gasteiger partial charge in [-0.1, -0.05) is 30.3 Å². The van der Waals surface area contributed by atoms with Gasteiger partial charge in [0.05, 0.1) is 6.54 Å². The molecule has 0 aliphatic carbocycles. The lowest BCUT2D eigenvalue weighted by molar-refractivity contribution is -0.134. The van der Waals surface area contributed by atoms with Crippen LogP contribution in [-0.4, -0.2) is 29.7 Å². The molecule has 0 spiro atoms. The molecule has 0 saturated carbocycles. The Kier molecular flexibility index (Phi) is 7.06. The zero-order chi connectivity index (χ0) is 12.4. The summed E-state index contributed by atoms with van der Waals surface area (Å²) in [5, 5.41) is 14.3. The minimum Gasteiger partial charge on any atom is -0.481 e. The van der Waals surface area contributed by atoms with Gasteiger partial charge < -0.3 is 10.8 Å². The Balaban J connectivity index is 0.000000487. The first-order valence-corrected chi connectivity index (χ1v) is 4.59. The van der Waals surface area contributed by atoms with E-state index in [1.165, 1.54) is 0 Å². The number of hydrogen-bond donors (Lipinski definition) is 3. The number of nitrogens with zero attached hydrogens (tertiary/aromatic N) is 1. The smallest absolute Gasteiger partial charge is 0.300 e. The zero-order valence-electron chi connectivity index (χ0n) is 9.05. The molecule has 5 heteroatoms. The van der Waals surface area contributed by atoms with Crippen molar-refractivity contribution in [3.63, 3.8) is 0 Å². The number of nitrogens with one attached hydrogen (secondary N) is 1. The van der Waals surface area contributed by atoms with Crippen molar-refractivity contribution in [2.24, 2.45) is 10.7 Å². The van der Waals surface area contributed by atoms with Gasteiger partial charge in [0.25, 0.3) is 5.97 Å². The molecular weight excluding hydrogens is 206 g/mol. The van der Waals surface area contributed by atoms with Crippen molar-refractivity contribution in [3.8, 4) is 0 Å². The van der Waals surface area contributed by atoms with E-state index < -0.39 is 5.97 Å². The van der Waals surface area contributed by atoms with E-state index in [-0.39, 0.29) is 12.4 Å². The maximum absolute atomic E-state index is 9.00. The molecule has 0 saturated heterocycles. The van der Waals surface area contributed by atoms with Crippen LogP contribution in [0.5, 0.6) is 0 Å². The van der Waals surface area contributed by atoms with Gasteiger partial charge in [0.15, 0.2) is 0 Å². The highest BCUT2D eigenvalue weighted by molar-refractivity contribution is 5.84. The lowest BCUT2D eigenvalue weighted by Crippen LogP contribution is -2.12. The van der Waals surface area contributed by atoms with E-state index in [1.807, 2.05) is 30.3 Å². The number of benzene rings is 1. The fourth-order valence-corrected chi connectivity index (χ4v) is 0.789. The van der Waals surface area contributed by atoms with Gasteiger partial charge in [-0.05, 0) is 5.56 Å². The van der Waals surface area contributed by atoms with E-state index in [1.54, 1.807) is 6.21 Å². The van der Waals surface area contributed by atoms with Gasteiger partial charge in [0.1, 0.15) is 5.84 Å². The fourth-order valence-electron chi connectivity index (χ4n) is 0.789. The monoisotopic (exact) mass is 221 g/mol. The summed E-state index contributed by atoms with van der Waals surface area (Å²) in [5.41, 5.74) is 6.15. The second-order valence-electron chi connectivity index (χ2n) is 2.92. The Morgan fingerprint density at radius 3 is 2.44 bits per heavy atom. The molecule has 5 nitrogen and oxygen atoms in total. The van der Waals surface area contributed by atoms with Crippen molar-refractivity contribution in [2.45, 2.75) is 6.92 Å². The van der Waals surface area contributed by atoms with Crippen molar-refractivity contribution in [2.75, 3.05) is 6.54 Å².